The van der Waals surface area contributed by atoms with Gasteiger partial charge in [-0.05, 0) is 37.1 Å². The van der Waals surface area contributed by atoms with E-state index < -0.39 is 0 Å². The SMILES string of the molecule is CCc1cnn(-c2ccc3nc(C)n(C)c3c2)c1. The van der Waals surface area contributed by atoms with Gasteiger partial charge in [-0.25, -0.2) is 9.67 Å². The summed E-state index contributed by atoms with van der Waals surface area (Å²) in [5.74, 6) is 1.02. The van der Waals surface area contributed by atoms with Crippen molar-refractivity contribution in [2.75, 3.05) is 0 Å². The van der Waals surface area contributed by atoms with Crippen LogP contribution in [0.15, 0.2) is 30.6 Å². The zero-order valence-electron chi connectivity index (χ0n) is 10.9. The van der Waals surface area contributed by atoms with Crippen molar-refractivity contribution in [2.24, 2.45) is 7.05 Å². The molecule has 0 spiro atoms. The molecule has 0 saturated carbocycles. The summed E-state index contributed by atoms with van der Waals surface area (Å²) in [4.78, 5) is 4.50. The molecular formula is C14H16N4. The van der Waals surface area contributed by atoms with Crippen LogP contribution in [0, 0.1) is 6.92 Å². The molecule has 2 aromatic heterocycles. The second-order valence-electron chi connectivity index (χ2n) is 4.54. The summed E-state index contributed by atoms with van der Waals surface area (Å²) in [6.45, 7) is 4.15. The van der Waals surface area contributed by atoms with E-state index in [1.54, 1.807) is 0 Å². The van der Waals surface area contributed by atoms with E-state index in [0.717, 1.165) is 29.0 Å². The Morgan fingerprint density at radius 2 is 2.11 bits per heavy atom. The minimum absolute atomic E-state index is 1.01. The van der Waals surface area contributed by atoms with Gasteiger partial charge in [0.25, 0.3) is 0 Å². The second kappa shape index (κ2) is 3.98. The highest BCUT2D eigenvalue weighted by atomic mass is 15.3. The Bertz CT molecular complexity index is 706. The third-order valence-corrected chi connectivity index (χ3v) is 3.40. The molecule has 3 rings (SSSR count). The van der Waals surface area contributed by atoms with E-state index >= 15 is 0 Å². The van der Waals surface area contributed by atoms with E-state index in [1.165, 1.54) is 5.56 Å². The highest BCUT2D eigenvalue weighted by Crippen LogP contribution is 2.18. The topological polar surface area (TPSA) is 35.6 Å². The van der Waals surface area contributed by atoms with Crippen LogP contribution in [-0.2, 0) is 13.5 Å². The zero-order valence-corrected chi connectivity index (χ0v) is 10.9. The lowest BCUT2D eigenvalue weighted by Crippen LogP contribution is -1.95. The van der Waals surface area contributed by atoms with Crippen LogP contribution in [0.2, 0.25) is 0 Å². The number of imidazole rings is 1. The average molecular weight is 240 g/mol. The molecule has 2 heterocycles. The Labute approximate surface area is 106 Å². The van der Waals surface area contributed by atoms with Crippen molar-refractivity contribution in [3.05, 3.63) is 42.0 Å². The molecule has 18 heavy (non-hydrogen) atoms. The van der Waals surface area contributed by atoms with E-state index in [1.807, 2.05) is 30.9 Å². The van der Waals surface area contributed by atoms with Crippen molar-refractivity contribution in [1.29, 1.82) is 0 Å². The van der Waals surface area contributed by atoms with Crippen LogP contribution < -0.4 is 0 Å². The van der Waals surface area contributed by atoms with E-state index in [4.69, 9.17) is 0 Å². The maximum absolute atomic E-state index is 4.50. The Balaban J connectivity index is 2.15. The second-order valence-corrected chi connectivity index (χ2v) is 4.54. The molecule has 0 saturated heterocycles. The molecule has 0 aliphatic rings. The fourth-order valence-corrected chi connectivity index (χ4v) is 2.13. The molecule has 0 aliphatic carbocycles. The molecule has 0 atom stereocenters. The summed E-state index contributed by atoms with van der Waals surface area (Å²) in [5, 5.41) is 4.39. The Morgan fingerprint density at radius 3 is 2.83 bits per heavy atom. The summed E-state index contributed by atoms with van der Waals surface area (Å²) in [6, 6.07) is 6.23. The van der Waals surface area contributed by atoms with Crippen molar-refractivity contribution in [3.8, 4) is 5.69 Å². The molecule has 4 heteroatoms. The first-order valence-electron chi connectivity index (χ1n) is 6.16. The van der Waals surface area contributed by atoms with Gasteiger partial charge in [-0.2, -0.15) is 5.10 Å². The lowest BCUT2D eigenvalue weighted by atomic mass is 10.2. The lowest BCUT2D eigenvalue weighted by molar-refractivity contribution is 0.870. The van der Waals surface area contributed by atoms with E-state index in [9.17, 15) is 0 Å². The van der Waals surface area contributed by atoms with Gasteiger partial charge in [0, 0.05) is 13.2 Å². The molecule has 0 fully saturated rings. The molecular weight excluding hydrogens is 224 g/mol. The molecule has 0 aliphatic heterocycles. The number of nitrogens with zero attached hydrogens (tertiary/aromatic N) is 4. The van der Waals surface area contributed by atoms with Crippen LogP contribution in [0.5, 0.6) is 0 Å². The summed E-state index contributed by atoms with van der Waals surface area (Å²) >= 11 is 0. The van der Waals surface area contributed by atoms with Crippen LogP contribution in [0.4, 0.5) is 0 Å². The number of hydrogen-bond donors (Lipinski definition) is 0. The molecule has 0 amide bonds. The van der Waals surface area contributed by atoms with Crippen LogP contribution in [-0.4, -0.2) is 19.3 Å². The highest BCUT2D eigenvalue weighted by molar-refractivity contribution is 5.78. The molecule has 0 radical (unpaired) electrons. The van der Waals surface area contributed by atoms with Crippen molar-refractivity contribution in [2.45, 2.75) is 20.3 Å². The smallest absolute Gasteiger partial charge is 0.106 e. The van der Waals surface area contributed by atoms with Crippen LogP contribution in [0.25, 0.3) is 16.7 Å². The number of benzene rings is 1. The van der Waals surface area contributed by atoms with Gasteiger partial charge >= 0.3 is 0 Å². The van der Waals surface area contributed by atoms with Gasteiger partial charge < -0.3 is 4.57 Å². The fourth-order valence-electron chi connectivity index (χ4n) is 2.13. The number of aryl methyl sites for hydroxylation is 3. The summed E-state index contributed by atoms with van der Waals surface area (Å²) in [6.07, 6.45) is 5.00. The van der Waals surface area contributed by atoms with E-state index in [2.05, 4.69) is 39.9 Å². The van der Waals surface area contributed by atoms with Crippen molar-refractivity contribution >= 4 is 11.0 Å². The average Bonchev–Trinajstić information content (AvgIpc) is 2.96. The first kappa shape index (κ1) is 11.0. The fraction of sp³-hybridized carbons (Fsp3) is 0.286. The monoisotopic (exact) mass is 240 g/mol. The van der Waals surface area contributed by atoms with E-state index in [-0.39, 0.29) is 0 Å². The Kier molecular flexibility index (Phi) is 2.44. The largest absolute Gasteiger partial charge is 0.331 e. The highest BCUT2D eigenvalue weighted by Gasteiger charge is 2.06. The van der Waals surface area contributed by atoms with Gasteiger partial charge in [0.05, 0.1) is 22.9 Å². The predicted octanol–water partition coefficient (Wildman–Crippen LogP) is 2.63. The first-order chi connectivity index (χ1) is 8.69. The minimum atomic E-state index is 1.01. The first-order valence-corrected chi connectivity index (χ1v) is 6.16. The molecule has 3 aromatic rings. The summed E-state index contributed by atoms with van der Waals surface area (Å²) in [5.41, 5.74) is 4.49. The molecule has 0 bridgehead atoms. The standard InChI is InChI=1S/C14H16N4/c1-4-11-8-15-18(9-11)12-5-6-13-14(7-12)17(3)10(2)16-13/h5-9H,4H2,1-3H3. The van der Waals surface area contributed by atoms with Gasteiger partial charge in [-0.15, -0.1) is 0 Å². The molecule has 0 unspecified atom stereocenters. The quantitative estimate of drug-likeness (QED) is 0.690. The van der Waals surface area contributed by atoms with Gasteiger partial charge in [0.2, 0.25) is 0 Å². The normalized spacial score (nSPS) is 11.3. The molecule has 4 nitrogen and oxygen atoms in total. The Hall–Kier alpha value is -2.10. The van der Waals surface area contributed by atoms with Crippen molar-refractivity contribution < 1.29 is 0 Å². The molecule has 92 valence electrons. The van der Waals surface area contributed by atoms with Crippen molar-refractivity contribution in [1.82, 2.24) is 19.3 Å². The lowest BCUT2D eigenvalue weighted by Gasteiger charge is -2.02. The maximum atomic E-state index is 4.50. The third kappa shape index (κ3) is 1.61. The van der Waals surface area contributed by atoms with Crippen LogP contribution in [0.1, 0.15) is 18.3 Å². The van der Waals surface area contributed by atoms with Gasteiger partial charge in [0.15, 0.2) is 0 Å². The number of fused-ring (bicyclic) bond motifs is 1. The number of aromatic nitrogens is 4. The molecule has 1 aromatic carbocycles. The zero-order chi connectivity index (χ0) is 12.7. The summed E-state index contributed by atoms with van der Waals surface area (Å²) < 4.78 is 4.02. The van der Waals surface area contributed by atoms with Crippen LogP contribution in [0.3, 0.4) is 0 Å². The molecule has 0 N–H and O–H groups in total. The third-order valence-electron chi connectivity index (χ3n) is 3.40. The predicted molar refractivity (Wildman–Crippen MR) is 72.0 cm³/mol. The summed E-state index contributed by atoms with van der Waals surface area (Å²) in [7, 11) is 2.04. The Morgan fingerprint density at radius 1 is 1.28 bits per heavy atom. The number of rotatable bonds is 2. The van der Waals surface area contributed by atoms with Gasteiger partial charge in [-0.3, -0.25) is 0 Å². The van der Waals surface area contributed by atoms with Gasteiger partial charge in [-0.1, -0.05) is 6.92 Å². The van der Waals surface area contributed by atoms with Crippen molar-refractivity contribution in [3.63, 3.8) is 0 Å². The number of hydrogen-bond acceptors (Lipinski definition) is 2. The van der Waals surface area contributed by atoms with Gasteiger partial charge in [0.1, 0.15) is 5.82 Å². The maximum Gasteiger partial charge on any atom is 0.106 e. The minimum Gasteiger partial charge on any atom is -0.331 e. The van der Waals surface area contributed by atoms with Crippen LogP contribution >= 0.6 is 0 Å². The van der Waals surface area contributed by atoms with E-state index in [0.29, 0.717) is 0 Å².